The second-order valence-corrected chi connectivity index (χ2v) is 8.09. The van der Waals surface area contributed by atoms with Crippen molar-refractivity contribution in [2.75, 3.05) is 11.9 Å². The Kier molecular flexibility index (Phi) is 6.84. The summed E-state index contributed by atoms with van der Waals surface area (Å²) in [5.74, 6) is -2.52. The summed E-state index contributed by atoms with van der Waals surface area (Å²) in [5, 5.41) is 11.9. The lowest BCUT2D eigenvalue weighted by molar-refractivity contribution is -0.141. The van der Waals surface area contributed by atoms with Crippen LogP contribution in [-0.2, 0) is 14.4 Å². The Morgan fingerprint density at radius 2 is 1.74 bits per heavy atom. The zero-order valence-electron chi connectivity index (χ0n) is 17.9. The number of nitrogens with zero attached hydrogens (tertiary/aromatic N) is 2. The standard InChI is InChI=1S/C24H27N3O4/c1-15(2)13-17(14-20(28)29)23(30)26-22-24(31)27(3)19-12-8-7-11-18(19)21(25-22)16-9-5-4-6-10-16/h4-12,15,17,22H,13-14H2,1-3H3,(H,26,30)(H,28,29). The number of carbonyl (C=O) groups is 3. The molecule has 0 bridgehead atoms. The number of benzodiazepines with no additional fused rings is 1. The van der Waals surface area contributed by atoms with Crippen molar-refractivity contribution in [3.05, 3.63) is 65.7 Å². The van der Waals surface area contributed by atoms with Crippen molar-refractivity contribution in [2.45, 2.75) is 32.9 Å². The van der Waals surface area contributed by atoms with E-state index in [1.165, 1.54) is 4.90 Å². The van der Waals surface area contributed by atoms with Crippen molar-refractivity contribution in [3.63, 3.8) is 0 Å². The molecule has 0 fully saturated rings. The zero-order chi connectivity index (χ0) is 22.5. The van der Waals surface area contributed by atoms with Gasteiger partial charge in [-0.15, -0.1) is 0 Å². The maximum atomic E-state index is 13.2. The molecule has 0 spiro atoms. The van der Waals surface area contributed by atoms with Gasteiger partial charge in [0, 0.05) is 24.1 Å². The van der Waals surface area contributed by atoms with Crippen LogP contribution in [0.15, 0.2) is 59.6 Å². The van der Waals surface area contributed by atoms with Crippen LogP contribution in [0.4, 0.5) is 5.69 Å². The average Bonchev–Trinajstić information content (AvgIpc) is 2.84. The number of benzene rings is 2. The molecule has 2 amide bonds. The number of nitrogens with one attached hydrogen (secondary N) is 1. The molecule has 0 saturated heterocycles. The summed E-state index contributed by atoms with van der Waals surface area (Å²) in [4.78, 5) is 43.5. The Labute approximate surface area is 181 Å². The van der Waals surface area contributed by atoms with Gasteiger partial charge in [0.1, 0.15) is 0 Å². The fourth-order valence-corrected chi connectivity index (χ4v) is 3.76. The number of amides is 2. The minimum Gasteiger partial charge on any atom is -0.481 e. The van der Waals surface area contributed by atoms with Crippen molar-refractivity contribution >= 4 is 29.2 Å². The molecule has 2 atom stereocenters. The minimum atomic E-state index is -1.15. The highest BCUT2D eigenvalue weighted by Crippen LogP contribution is 2.27. The molecule has 0 radical (unpaired) electrons. The number of anilines is 1. The fourth-order valence-electron chi connectivity index (χ4n) is 3.76. The van der Waals surface area contributed by atoms with Crippen LogP contribution in [0, 0.1) is 11.8 Å². The minimum absolute atomic E-state index is 0.134. The molecule has 31 heavy (non-hydrogen) atoms. The molecule has 2 aromatic rings. The van der Waals surface area contributed by atoms with Crippen molar-refractivity contribution in [2.24, 2.45) is 16.8 Å². The molecule has 1 aliphatic heterocycles. The number of hydrogen-bond acceptors (Lipinski definition) is 4. The van der Waals surface area contributed by atoms with E-state index in [4.69, 9.17) is 0 Å². The van der Waals surface area contributed by atoms with Gasteiger partial charge in [-0.05, 0) is 18.4 Å². The number of hydrogen-bond donors (Lipinski definition) is 2. The van der Waals surface area contributed by atoms with Crippen LogP contribution in [0.2, 0.25) is 0 Å². The third-order valence-corrected chi connectivity index (χ3v) is 5.22. The quantitative estimate of drug-likeness (QED) is 0.718. The van der Waals surface area contributed by atoms with Gasteiger partial charge >= 0.3 is 5.97 Å². The Balaban J connectivity index is 2.00. The summed E-state index contributed by atoms with van der Waals surface area (Å²) < 4.78 is 0. The predicted octanol–water partition coefficient (Wildman–Crippen LogP) is 3.08. The highest BCUT2D eigenvalue weighted by atomic mass is 16.4. The van der Waals surface area contributed by atoms with Gasteiger partial charge in [0.2, 0.25) is 12.1 Å². The SMILES string of the molecule is CC(C)CC(CC(=O)O)C(=O)NC1N=C(c2ccccc2)c2ccccc2N(C)C1=O. The summed E-state index contributed by atoms with van der Waals surface area (Å²) >= 11 is 0. The number of fused-ring (bicyclic) bond motifs is 1. The van der Waals surface area contributed by atoms with Crippen LogP contribution < -0.4 is 10.2 Å². The molecule has 0 saturated carbocycles. The largest absolute Gasteiger partial charge is 0.481 e. The van der Waals surface area contributed by atoms with Crippen LogP contribution in [0.3, 0.4) is 0 Å². The maximum Gasteiger partial charge on any atom is 0.304 e. The van der Waals surface area contributed by atoms with Crippen LogP contribution in [-0.4, -0.2) is 41.8 Å². The van der Waals surface area contributed by atoms with E-state index >= 15 is 0 Å². The highest BCUT2D eigenvalue weighted by Gasteiger charge is 2.33. The number of rotatable bonds is 7. The fraction of sp³-hybridized carbons (Fsp3) is 0.333. The van der Waals surface area contributed by atoms with E-state index in [2.05, 4.69) is 10.3 Å². The van der Waals surface area contributed by atoms with Gasteiger partial charge in [0.25, 0.3) is 5.91 Å². The maximum absolute atomic E-state index is 13.2. The van der Waals surface area contributed by atoms with Gasteiger partial charge in [-0.3, -0.25) is 14.4 Å². The molecule has 2 aromatic carbocycles. The van der Waals surface area contributed by atoms with Crippen LogP contribution in [0.25, 0.3) is 0 Å². The lowest BCUT2D eigenvalue weighted by Gasteiger charge is -2.23. The number of carbonyl (C=O) groups excluding carboxylic acids is 2. The smallest absolute Gasteiger partial charge is 0.304 e. The number of carboxylic acid groups (broad SMARTS) is 1. The second-order valence-electron chi connectivity index (χ2n) is 8.09. The van der Waals surface area contributed by atoms with Crippen molar-refractivity contribution < 1.29 is 19.5 Å². The molecule has 0 aliphatic carbocycles. The summed E-state index contributed by atoms with van der Waals surface area (Å²) in [6.07, 6.45) is -1.04. The van der Waals surface area contributed by atoms with E-state index in [-0.39, 0.29) is 18.2 Å². The van der Waals surface area contributed by atoms with Crippen molar-refractivity contribution in [1.29, 1.82) is 0 Å². The van der Waals surface area contributed by atoms with E-state index in [1.54, 1.807) is 7.05 Å². The van der Waals surface area contributed by atoms with Crippen LogP contribution >= 0.6 is 0 Å². The number of aliphatic imine (C=N–C) groups is 1. The highest BCUT2D eigenvalue weighted by molar-refractivity contribution is 6.20. The normalized spacial score (nSPS) is 16.9. The number of likely N-dealkylation sites (N-methyl/N-ethyl adjacent to an activating group) is 1. The first kappa shape index (κ1) is 22.2. The van der Waals surface area contributed by atoms with Gasteiger partial charge < -0.3 is 15.3 Å². The summed E-state index contributed by atoms with van der Waals surface area (Å²) in [6, 6.07) is 16.9. The predicted molar refractivity (Wildman–Crippen MR) is 119 cm³/mol. The number of aliphatic carboxylic acids is 1. The van der Waals surface area contributed by atoms with Gasteiger partial charge in [-0.25, -0.2) is 4.99 Å². The van der Waals surface area contributed by atoms with E-state index in [1.807, 2.05) is 68.4 Å². The Bertz CT molecular complexity index is 1000. The van der Waals surface area contributed by atoms with Crippen molar-refractivity contribution in [1.82, 2.24) is 5.32 Å². The third kappa shape index (κ3) is 5.17. The Morgan fingerprint density at radius 1 is 1.10 bits per heavy atom. The van der Waals surface area contributed by atoms with Crippen LogP contribution in [0.1, 0.15) is 37.8 Å². The monoisotopic (exact) mass is 421 g/mol. The lowest BCUT2D eigenvalue weighted by atomic mass is 9.93. The number of carboxylic acids is 1. The first-order valence-electron chi connectivity index (χ1n) is 10.3. The summed E-state index contributed by atoms with van der Waals surface area (Å²) in [6.45, 7) is 3.85. The Hall–Kier alpha value is -3.48. The summed E-state index contributed by atoms with van der Waals surface area (Å²) in [7, 11) is 1.65. The van der Waals surface area contributed by atoms with Crippen LogP contribution in [0.5, 0.6) is 0 Å². The van der Waals surface area contributed by atoms with Gasteiger partial charge in [0.05, 0.1) is 17.8 Å². The molecule has 2 N–H and O–H groups in total. The molecular formula is C24H27N3O4. The lowest BCUT2D eigenvalue weighted by Crippen LogP contribution is -2.48. The van der Waals surface area contributed by atoms with E-state index in [9.17, 15) is 19.5 Å². The molecule has 3 rings (SSSR count). The molecule has 1 aliphatic rings. The molecule has 1 heterocycles. The molecule has 162 valence electrons. The molecule has 2 unspecified atom stereocenters. The second kappa shape index (κ2) is 9.55. The first-order chi connectivity index (χ1) is 14.8. The molecule has 7 nitrogen and oxygen atoms in total. The molecule has 7 heteroatoms. The Morgan fingerprint density at radius 3 is 2.39 bits per heavy atom. The van der Waals surface area contributed by atoms with Gasteiger partial charge in [0.15, 0.2) is 0 Å². The van der Waals surface area contributed by atoms with E-state index < -0.39 is 24.0 Å². The topological polar surface area (TPSA) is 99.1 Å². The van der Waals surface area contributed by atoms with Crippen molar-refractivity contribution in [3.8, 4) is 0 Å². The van der Waals surface area contributed by atoms with Gasteiger partial charge in [-0.1, -0.05) is 62.4 Å². The van der Waals surface area contributed by atoms with Gasteiger partial charge in [-0.2, -0.15) is 0 Å². The summed E-state index contributed by atoms with van der Waals surface area (Å²) in [5.41, 5.74) is 2.89. The zero-order valence-corrected chi connectivity index (χ0v) is 17.9. The molecular weight excluding hydrogens is 394 g/mol. The van der Waals surface area contributed by atoms with E-state index in [0.29, 0.717) is 17.8 Å². The molecule has 0 aromatic heterocycles. The third-order valence-electron chi connectivity index (χ3n) is 5.22. The van der Waals surface area contributed by atoms with E-state index in [0.717, 1.165) is 11.1 Å². The first-order valence-corrected chi connectivity index (χ1v) is 10.3. The number of para-hydroxylation sites is 1. The average molecular weight is 421 g/mol.